The first-order valence-corrected chi connectivity index (χ1v) is 11.5. The van der Waals surface area contributed by atoms with Crippen LogP contribution >= 0.6 is 11.3 Å². The lowest BCUT2D eigenvalue weighted by Crippen LogP contribution is -2.40. The van der Waals surface area contributed by atoms with Gasteiger partial charge in [0, 0.05) is 43.1 Å². The molecular formula is C18H19N5O5S2. The fraction of sp³-hybridized carbons (Fsp3) is 0.333. The van der Waals surface area contributed by atoms with E-state index >= 15 is 0 Å². The van der Waals surface area contributed by atoms with Gasteiger partial charge in [-0.05, 0) is 24.3 Å². The number of thiazole rings is 1. The lowest BCUT2D eigenvalue weighted by atomic mass is 10.2. The molecule has 0 bridgehead atoms. The van der Waals surface area contributed by atoms with E-state index in [0.717, 1.165) is 0 Å². The number of hydrogen-bond donors (Lipinski definition) is 1. The molecular weight excluding hydrogens is 430 g/mol. The first kappa shape index (κ1) is 20.6. The van der Waals surface area contributed by atoms with Crippen molar-refractivity contribution in [3.8, 4) is 11.4 Å². The Labute approximate surface area is 176 Å². The number of rotatable bonds is 7. The third kappa shape index (κ3) is 4.73. The van der Waals surface area contributed by atoms with Gasteiger partial charge in [-0.3, -0.25) is 4.79 Å². The summed E-state index contributed by atoms with van der Waals surface area (Å²) >= 11 is 1.34. The van der Waals surface area contributed by atoms with E-state index in [1.807, 2.05) is 0 Å². The third-order valence-corrected chi connectivity index (χ3v) is 7.03. The number of amides is 1. The molecule has 12 heteroatoms. The topological polar surface area (TPSA) is 128 Å². The van der Waals surface area contributed by atoms with Crippen LogP contribution in [0.2, 0.25) is 0 Å². The average Bonchev–Trinajstić information content (AvgIpc) is 3.45. The number of sulfonamides is 1. The van der Waals surface area contributed by atoms with Crippen LogP contribution in [0.3, 0.4) is 0 Å². The number of nitrogens with one attached hydrogen (secondary N) is 1. The SMILES string of the molecule is O=C(CCc1nc(-c2ccc(S(=O)(=O)N3CCOCC3)cc2)no1)Nc1nccs1. The molecule has 2 aromatic heterocycles. The molecule has 4 rings (SSSR count). The lowest BCUT2D eigenvalue weighted by molar-refractivity contribution is -0.116. The third-order valence-electron chi connectivity index (χ3n) is 4.43. The Morgan fingerprint density at radius 2 is 1.97 bits per heavy atom. The number of nitrogens with zero attached hydrogens (tertiary/aromatic N) is 4. The van der Waals surface area contributed by atoms with Crippen molar-refractivity contribution >= 4 is 32.4 Å². The Kier molecular flexibility index (Phi) is 6.18. The minimum absolute atomic E-state index is 0.179. The zero-order chi connectivity index (χ0) is 21.0. The van der Waals surface area contributed by atoms with Gasteiger partial charge in [0.15, 0.2) is 5.13 Å². The molecule has 30 heavy (non-hydrogen) atoms. The summed E-state index contributed by atoms with van der Waals surface area (Å²) in [4.78, 5) is 20.4. The van der Waals surface area contributed by atoms with E-state index in [0.29, 0.717) is 48.7 Å². The van der Waals surface area contributed by atoms with E-state index in [-0.39, 0.29) is 23.6 Å². The number of aryl methyl sites for hydroxylation is 1. The van der Waals surface area contributed by atoms with E-state index in [1.54, 1.807) is 23.7 Å². The fourth-order valence-corrected chi connectivity index (χ4v) is 4.83. The van der Waals surface area contributed by atoms with Crippen molar-refractivity contribution in [1.82, 2.24) is 19.4 Å². The Hall–Kier alpha value is -2.67. The van der Waals surface area contributed by atoms with Crippen molar-refractivity contribution in [2.75, 3.05) is 31.6 Å². The van der Waals surface area contributed by atoms with E-state index in [1.165, 1.54) is 27.8 Å². The number of ether oxygens (including phenoxy) is 1. The highest BCUT2D eigenvalue weighted by molar-refractivity contribution is 7.89. The molecule has 0 atom stereocenters. The molecule has 1 aliphatic heterocycles. The quantitative estimate of drug-likeness (QED) is 0.578. The van der Waals surface area contributed by atoms with Gasteiger partial charge >= 0.3 is 0 Å². The Morgan fingerprint density at radius 3 is 2.67 bits per heavy atom. The van der Waals surface area contributed by atoms with Crippen molar-refractivity contribution < 1.29 is 22.5 Å². The largest absolute Gasteiger partial charge is 0.379 e. The van der Waals surface area contributed by atoms with Gasteiger partial charge in [-0.2, -0.15) is 9.29 Å². The molecule has 3 aromatic rings. The maximum absolute atomic E-state index is 12.7. The van der Waals surface area contributed by atoms with Crippen LogP contribution in [0.4, 0.5) is 5.13 Å². The predicted octanol–water partition coefficient (Wildman–Crippen LogP) is 1.79. The second-order valence-corrected chi connectivity index (χ2v) is 9.27. The van der Waals surface area contributed by atoms with Crippen molar-refractivity contribution in [2.45, 2.75) is 17.7 Å². The van der Waals surface area contributed by atoms with Gasteiger partial charge < -0.3 is 14.6 Å². The fourth-order valence-electron chi connectivity index (χ4n) is 2.87. The van der Waals surface area contributed by atoms with Gasteiger partial charge in [-0.15, -0.1) is 11.3 Å². The maximum Gasteiger partial charge on any atom is 0.243 e. The lowest BCUT2D eigenvalue weighted by Gasteiger charge is -2.26. The van der Waals surface area contributed by atoms with E-state index < -0.39 is 10.0 Å². The van der Waals surface area contributed by atoms with Crippen LogP contribution in [0.1, 0.15) is 12.3 Å². The van der Waals surface area contributed by atoms with Gasteiger partial charge in [-0.1, -0.05) is 5.16 Å². The number of anilines is 1. The number of morpholine rings is 1. The molecule has 0 aliphatic carbocycles. The van der Waals surface area contributed by atoms with Crippen LogP contribution in [-0.2, 0) is 26.0 Å². The molecule has 10 nitrogen and oxygen atoms in total. The van der Waals surface area contributed by atoms with Crippen LogP contribution in [0.25, 0.3) is 11.4 Å². The minimum atomic E-state index is -3.56. The molecule has 158 valence electrons. The van der Waals surface area contributed by atoms with Crippen LogP contribution < -0.4 is 5.32 Å². The molecule has 1 aromatic carbocycles. The molecule has 1 N–H and O–H groups in total. The van der Waals surface area contributed by atoms with Crippen molar-refractivity contribution in [3.63, 3.8) is 0 Å². The summed E-state index contributed by atoms with van der Waals surface area (Å²) < 4.78 is 37.2. The first-order chi connectivity index (χ1) is 14.5. The highest BCUT2D eigenvalue weighted by Gasteiger charge is 2.26. The normalized spacial score (nSPS) is 15.2. The van der Waals surface area contributed by atoms with Crippen LogP contribution in [0.5, 0.6) is 0 Å². The summed E-state index contributed by atoms with van der Waals surface area (Å²) in [5, 5.41) is 8.92. The Balaban J connectivity index is 1.38. The molecule has 3 heterocycles. The van der Waals surface area contributed by atoms with Crippen molar-refractivity contribution in [3.05, 3.63) is 41.7 Å². The number of hydrogen-bond acceptors (Lipinski definition) is 9. The zero-order valence-electron chi connectivity index (χ0n) is 15.9. The molecule has 0 radical (unpaired) electrons. The summed E-state index contributed by atoms with van der Waals surface area (Å²) in [6, 6.07) is 6.32. The number of aromatic nitrogens is 3. The molecule has 1 aliphatic rings. The summed E-state index contributed by atoms with van der Waals surface area (Å²) in [6.45, 7) is 1.47. The maximum atomic E-state index is 12.7. The van der Waals surface area contributed by atoms with Crippen molar-refractivity contribution in [1.29, 1.82) is 0 Å². The molecule has 0 spiro atoms. The van der Waals surface area contributed by atoms with Crippen LogP contribution in [0, 0.1) is 0 Å². The van der Waals surface area contributed by atoms with Gasteiger partial charge in [-0.25, -0.2) is 13.4 Å². The van der Waals surface area contributed by atoms with E-state index in [9.17, 15) is 13.2 Å². The average molecular weight is 450 g/mol. The zero-order valence-corrected chi connectivity index (χ0v) is 17.5. The standard InChI is InChI=1S/C18H19N5O5S2/c24-15(20-18-19-7-12-29-18)5-6-16-21-17(22-28-16)13-1-3-14(4-2-13)30(25,26)23-8-10-27-11-9-23/h1-4,7,12H,5-6,8-11H2,(H,19,20,24). The highest BCUT2D eigenvalue weighted by Crippen LogP contribution is 2.22. The van der Waals surface area contributed by atoms with Gasteiger partial charge in [0.05, 0.1) is 18.1 Å². The van der Waals surface area contributed by atoms with Crippen molar-refractivity contribution in [2.24, 2.45) is 0 Å². The number of carbonyl (C=O) groups is 1. The number of benzene rings is 1. The summed E-state index contributed by atoms with van der Waals surface area (Å²) in [5.74, 6) is 0.465. The Bertz CT molecular complexity index is 1090. The molecule has 1 amide bonds. The number of carbonyl (C=O) groups excluding carboxylic acids is 1. The summed E-state index contributed by atoms with van der Waals surface area (Å²) in [7, 11) is -3.56. The molecule has 1 saturated heterocycles. The smallest absolute Gasteiger partial charge is 0.243 e. The highest BCUT2D eigenvalue weighted by atomic mass is 32.2. The summed E-state index contributed by atoms with van der Waals surface area (Å²) in [5.41, 5.74) is 0.623. The van der Waals surface area contributed by atoms with Gasteiger partial charge in [0.2, 0.25) is 27.6 Å². The van der Waals surface area contributed by atoms with E-state index in [4.69, 9.17) is 9.26 Å². The molecule has 0 unspecified atom stereocenters. The minimum Gasteiger partial charge on any atom is -0.379 e. The Morgan fingerprint density at radius 1 is 1.20 bits per heavy atom. The first-order valence-electron chi connectivity index (χ1n) is 9.22. The monoisotopic (exact) mass is 449 g/mol. The van der Waals surface area contributed by atoms with Crippen LogP contribution in [0.15, 0.2) is 45.3 Å². The van der Waals surface area contributed by atoms with Gasteiger partial charge in [0.25, 0.3) is 0 Å². The van der Waals surface area contributed by atoms with E-state index in [2.05, 4.69) is 20.4 Å². The molecule has 1 fully saturated rings. The second-order valence-electron chi connectivity index (χ2n) is 6.44. The van der Waals surface area contributed by atoms with Crippen LogP contribution in [-0.4, -0.2) is 60.1 Å². The molecule has 0 saturated carbocycles. The van der Waals surface area contributed by atoms with Gasteiger partial charge in [0.1, 0.15) is 0 Å². The predicted molar refractivity (Wildman–Crippen MR) is 108 cm³/mol. The summed E-state index contributed by atoms with van der Waals surface area (Å²) in [6.07, 6.45) is 2.08. The second kappa shape index (κ2) is 9.00.